The second-order valence-electron chi connectivity index (χ2n) is 6.69. The zero-order valence-corrected chi connectivity index (χ0v) is 15.5. The van der Waals surface area contributed by atoms with Gasteiger partial charge in [-0.2, -0.15) is 10.2 Å². The molecule has 1 amide bonds. The third-order valence-electron chi connectivity index (χ3n) is 4.66. The number of rotatable bonds is 6. The van der Waals surface area contributed by atoms with Crippen LogP contribution in [0.1, 0.15) is 17.5 Å². The molecule has 4 aromatic rings. The Balaban J connectivity index is 1.36. The summed E-state index contributed by atoms with van der Waals surface area (Å²) in [6.45, 7) is 2.84. The summed E-state index contributed by atoms with van der Waals surface area (Å²) in [5.41, 5.74) is 3.31. The molecule has 0 saturated carbocycles. The van der Waals surface area contributed by atoms with Crippen LogP contribution in [0.2, 0.25) is 0 Å². The lowest BCUT2D eigenvalue weighted by atomic mass is 10.1. The van der Waals surface area contributed by atoms with Gasteiger partial charge < -0.3 is 5.32 Å². The Morgan fingerprint density at radius 2 is 1.96 bits per heavy atom. The average molecular weight is 377 g/mol. The number of carbonyl (C=O) groups excluding carboxylic acids is 1. The van der Waals surface area contributed by atoms with E-state index in [1.807, 2.05) is 36.0 Å². The molecule has 0 saturated heterocycles. The number of nitrogens with zero attached hydrogens (tertiary/aromatic N) is 4. The maximum Gasteiger partial charge on any atom is 0.226 e. The summed E-state index contributed by atoms with van der Waals surface area (Å²) in [4.78, 5) is 12.3. The lowest BCUT2D eigenvalue weighted by molar-refractivity contribution is -0.116. The van der Waals surface area contributed by atoms with Crippen LogP contribution in [0, 0.1) is 12.7 Å². The number of amides is 1. The molecule has 0 atom stereocenters. The Morgan fingerprint density at radius 3 is 2.82 bits per heavy atom. The summed E-state index contributed by atoms with van der Waals surface area (Å²) >= 11 is 0. The Labute approximate surface area is 161 Å². The van der Waals surface area contributed by atoms with Crippen LogP contribution < -0.4 is 5.32 Å². The van der Waals surface area contributed by atoms with Crippen LogP contribution in [0.4, 0.5) is 10.1 Å². The lowest BCUT2D eigenvalue weighted by Crippen LogP contribution is -2.14. The highest BCUT2D eigenvalue weighted by Gasteiger charge is 2.09. The normalized spacial score (nSPS) is 11.1. The van der Waals surface area contributed by atoms with Crippen LogP contribution in [0.15, 0.2) is 61.1 Å². The lowest BCUT2D eigenvalue weighted by Gasteiger charge is -2.05. The van der Waals surface area contributed by atoms with Crippen molar-refractivity contribution in [3.05, 3.63) is 78.0 Å². The van der Waals surface area contributed by atoms with Gasteiger partial charge in [-0.3, -0.25) is 14.2 Å². The van der Waals surface area contributed by atoms with Gasteiger partial charge in [0.2, 0.25) is 5.91 Å². The highest BCUT2D eigenvalue weighted by Crippen LogP contribution is 2.18. The molecule has 0 aliphatic carbocycles. The molecule has 142 valence electrons. The molecule has 6 nitrogen and oxygen atoms in total. The number of fused-ring (bicyclic) bond motifs is 1. The fraction of sp³-hybridized carbons (Fsp3) is 0.190. The van der Waals surface area contributed by atoms with Gasteiger partial charge in [-0.1, -0.05) is 30.3 Å². The zero-order chi connectivity index (χ0) is 19.5. The van der Waals surface area contributed by atoms with Crippen LogP contribution in [-0.2, 0) is 17.9 Å². The molecule has 2 aromatic heterocycles. The first-order valence-corrected chi connectivity index (χ1v) is 9.07. The molecule has 0 bridgehead atoms. The number of aryl methyl sites for hydroxylation is 2. The van der Waals surface area contributed by atoms with E-state index in [4.69, 9.17) is 0 Å². The first kappa shape index (κ1) is 17.9. The minimum absolute atomic E-state index is 0.123. The Kier molecular flexibility index (Phi) is 4.89. The minimum atomic E-state index is -0.273. The second kappa shape index (κ2) is 7.64. The van der Waals surface area contributed by atoms with Gasteiger partial charge in [0.25, 0.3) is 0 Å². The Morgan fingerprint density at radius 1 is 1.11 bits per heavy atom. The molecule has 7 heteroatoms. The topological polar surface area (TPSA) is 64.7 Å². The summed E-state index contributed by atoms with van der Waals surface area (Å²) in [7, 11) is 0. The highest BCUT2D eigenvalue weighted by molar-refractivity contribution is 5.90. The second-order valence-corrected chi connectivity index (χ2v) is 6.69. The first-order chi connectivity index (χ1) is 13.6. The first-order valence-electron chi connectivity index (χ1n) is 9.07. The van der Waals surface area contributed by atoms with Crippen molar-refractivity contribution in [1.82, 2.24) is 19.6 Å². The molecule has 0 aliphatic rings. The molecular formula is C21H20FN5O. The van der Waals surface area contributed by atoms with Crippen molar-refractivity contribution in [2.24, 2.45) is 0 Å². The Bertz CT molecular complexity index is 1130. The molecule has 4 rings (SSSR count). The van der Waals surface area contributed by atoms with E-state index in [2.05, 4.69) is 15.5 Å². The van der Waals surface area contributed by atoms with Gasteiger partial charge in [0.05, 0.1) is 36.7 Å². The predicted octanol–water partition coefficient (Wildman–Crippen LogP) is 3.76. The standard InChI is InChI=1S/C21H20FN5O/c1-15-5-4-8-20-18(15)12-24-27(20)10-9-21(28)25-17-11-23-26(14-17)13-16-6-2-3-7-19(16)22/h2-8,11-12,14H,9-10,13H2,1H3,(H,25,28). The number of halogens is 1. The third-order valence-corrected chi connectivity index (χ3v) is 4.66. The summed E-state index contributed by atoms with van der Waals surface area (Å²) < 4.78 is 17.2. The molecule has 1 N–H and O–H groups in total. The summed E-state index contributed by atoms with van der Waals surface area (Å²) in [5, 5.41) is 12.5. The smallest absolute Gasteiger partial charge is 0.226 e. The number of carbonyl (C=O) groups is 1. The Hall–Kier alpha value is -3.48. The van der Waals surface area contributed by atoms with Crippen molar-refractivity contribution in [2.45, 2.75) is 26.4 Å². The van der Waals surface area contributed by atoms with Gasteiger partial charge in [-0.05, 0) is 24.6 Å². The van der Waals surface area contributed by atoms with E-state index in [0.717, 1.165) is 16.5 Å². The molecule has 0 fully saturated rings. The SMILES string of the molecule is Cc1cccc2c1cnn2CCC(=O)Nc1cnn(Cc2ccccc2F)c1. The number of benzene rings is 2. The zero-order valence-electron chi connectivity index (χ0n) is 15.5. The molecular weight excluding hydrogens is 357 g/mol. The predicted molar refractivity (Wildman–Crippen MR) is 105 cm³/mol. The number of anilines is 1. The van der Waals surface area contributed by atoms with Crippen LogP contribution in [-0.4, -0.2) is 25.5 Å². The summed E-state index contributed by atoms with van der Waals surface area (Å²) in [5.74, 6) is -0.396. The number of nitrogens with one attached hydrogen (secondary N) is 1. The summed E-state index contributed by atoms with van der Waals surface area (Å²) in [6, 6.07) is 12.6. The summed E-state index contributed by atoms with van der Waals surface area (Å²) in [6.07, 6.45) is 5.38. The quantitative estimate of drug-likeness (QED) is 0.556. The molecule has 28 heavy (non-hydrogen) atoms. The minimum Gasteiger partial charge on any atom is -0.323 e. The van der Waals surface area contributed by atoms with Crippen LogP contribution >= 0.6 is 0 Å². The third kappa shape index (κ3) is 3.78. The molecule has 0 radical (unpaired) electrons. The van der Waals surface area contributed by atoms with Crippen molar-refractivity contribution in [2.75, 3.05) is 5.32 Å². The van der Waals surface area contributed by atoms with Gasteiger partial charge in [-0.25, -0.2) is 4.39 Å². The molecule has 0 aliphatic heterocycles. The van der Waals surface area contributed by atoms with E-state index in [1.165, 1.54) is 6.07 Å². The van der Waals surface area contributed by atoms with Crippen molar-refractivity contribution < 1.29 is 9.18 Å². The molecule has 2 heterocycles. The molecule has 2 aromatic carbocycles. The van der Waals surface area contributed by atoms with E-state index >= 15 is 0 Å². The van der Waals surface area contributed by atoms with E-state index < -0.39 is 0 Å². The van der Waals surface area contributed by atoms with Gasteiger partial charge in [0.1, 0.15) is 5.82 Å². The van der Waals surface area contributed by atoms with Crippen molar-refractivity contribution >= 4 is 22.5 Å². The van der Waals surface area contributed by atoms with Gasteiger partial charge in [-0.15, -0.1) is 0 Å². The fourth-order valence-electron chi connectivity index (χ4n) is 3.17. The van der Waals surface area contributed by atoms with E-state index in [9.17, 15) is 9.18 Å². The number of aromatic nitrogens is 4. The van der Waals surface area contributed by atoms with Gasteiger partial charge in [0, 0.05) is 23.6 Å². The van der Waals surface area contributed by atoms with Crippen LogP contribution in [0.25, 0.3) is 10.9 Å². The van der Waals surface area contributed by atoms with Crippen LogP contribution in [0.3, 0.4) is 0 Å². The molecule has 0 spiro atoms. The number of hydrogen-bond acceptors (Lipinski definition) is 3. The van der Waals surface area contributed by atoms with Gasteiger partial charge in [0.15, 0.2) is 0 Å². The van der Waals surface area contributed by atoms with Crippen molar-refractivity contribution in [3.63, 3.8) is 0 Å². The monoisotopic (exact) mass is 377 g/mol. The highest BCUT2D eigenvalue weighted by atomic mass is 19.1. The van der Waals surface area contributed by atoms with Gasteiger partial charge >= 0.3 is 0 Å². The van der Waals surface area contributed by atoms with E-state index in [-0.39, 0.29) is 11.7 Å². The number of hydrogen-bond donors (Lipinski definition) is 1. The maximum absolute atomic E-state index is 13.7. The van der Waals surface area contributed by atoms with E-state index in [1.54, 1.807) is 35.3 Å². The largest absolute Gasteiger partial charge is 0.323 e. The molecule has 0 unspecified atom stereocenters. The maximum atomic E-state index is 13.7. The van der Waals surface area contributed by atoms with Crippen molar-refractivity contribution in [1.29, 1.82) is 0 Å². The average Bonchev–Trinajstić information content (AvgIpc) is 3.29. The van der Waals surface area contributed by atoms with E-state index in [0.29, 0.717) is 30.8 Å². The van der Waals surface area contributed by atoms with Crippen molar-refractivity contribution in [3.8, 4) is 0 Å². The fourth-order valence-corrected chi connectivity index (χ4v) is 3.17. The van der Waals surface area contributed by atoms with Crippen LogP contribution in [0.5, 0.6) is 0 Å².